The molecule has 1 aliphatic heterocycles. The van der Waals surface area contributed by atoms with Crippen LogP contribution in [0.15, 0.2) is 40.9 Å². The number of aromatic nitrogens is 1. The van der Waals surface area contributed by atoms with Gasteiger partial charge < -0.3 is 19.6 Å². The number of aryl methyl sites for hydroxylation is 1. The average molecular weight is 417 g/mol. The molecule has 3 rings (SSSR count). The number of benzene rings is 1. The van der Waals surface area contributed by atoms with Gasteiger partial charge in [0.15, 0.2) is 5.82 Å². The Kier molecular flexibility index (Phi) is 7.19. The Bertz CT molecular complexity index is 826. The number of anilines is 2. The minimum absolute atomic E-state index is 0.0934. The van der Waals surface area contributed by atoms with Crippen LogP contribution in [0, 0.1) is 6.92 Å². The molecule has 2 amide bonds. The Morgan fingerprint density at radius 1 is 1.38 bits per heavy atom. The Balaban J connectivity index is 1.48. The van der Waals surface area contributed by atoms with Crippen molar-refractivity contribution in [2.45, 2.75) is 38.0 Å². The number of rotatable bonds is 8. The maximum absolute atomic E-state index is 12.8. The van der Waals surface area contributed by atoms with Crippen molar-refractivity contribution in [2.75, 3.05) is 36.1 Å². The van der Waals surface area contributed by atoms with Crippen LogP contribution in [0.3, 0.4) is 0 Å². The Hall–Kier alpha value is -2.48. The predicted molar refractivity (Wildman–Crippen MR) is 116 cm³/mol. The van der Waals surface area contributed by atoms with E-state index in [2.05, 4.69) is 34.6 Å². The highest BCUT2D eigenvalue weighted by Crippen LogP contribution is 2.23. The van der Waals surface area contributed by atoms with Crippen LogP contribution < -0.4 is 10.2 Å². The molecule has 0 bridgehead atoms. The molecule has 8 heteroatoms. The van der Waals surface area contributed by atoms with E-state index >= 15 is 0 Å². The second-order valence-corrected chi connectivity index (χ2v) is 8.69. The summed E-state index contributed by atoms with van der Waals surface area (Å²) in [7, 11) is 2.06. The van der Waals surface area contributed by atoms with Crippen LogP contribution in [-0.4, -0.2) is 59.1 Å². The lowest BCUT2D eigenvalue weighted by Crippen LogP contribution is -2.43. The highest BCUT2D eigenvalue weighted by atomic mass is 32.2. The predicted octanol–water partition coefficient (Wildman–Crippen LogP) is 3.17. The van der Waals surface area contributed by atoms with Crippen molar-refractivity contribution >= 4 is 35.1 Å². The first-order valence-electron chi connectivity index (χ1n) is 9.85. The smallest absolute Gasteiger partial charge is 0.238 e. The summed E-state index contributed by atoms with van der Waals surface area (Å²) in [4.78, 5) is 29.2. The molecule has 0 aliphatic carbocycles. The van der Waals surface area contributed by atoms with Gasteiger partial charge in [-0.1, -0.05) is 23.4 Å². The van der Waals surface area contributed by atoms with E-state index in [1.165, 1.54) is 11.8 Å². The van der Waals surface area contributed by atoms with Gasteiger partial charge in [0, 0.05) is 37.9 Å². The number of amides is 2. The average Bonchev–Trinajstić information content (AvgIpc) is 3.35. The van der Waals surface area contributed by atoms with Gasteiger partial charge in [-0.25, -0.2) is 0 Å². The van der Waals surface area contributed by atoms with E-state index in [9.17, 15) is 9.59 Å². The van der Waals surface area contributed by atoms with Gasteiger partial charge in [0.1, 0.15) is 5.76 Å². The van der Waals surface area contributed by atoms with Gasteiger partial charge in [0.2, 0.25) is 11.8 Å². The number of carbonyl (C=O) groups is 2. The van der Waals surface area contributed by atoms with Crippen LogP contribution in [-0.2, 0) is 9.59 Å². The number of para-hydroxylation sites is 1. The zero-order chi connectivity index (χ0) is 20.8. The Morgan fingerprint density at radius 2 is 2.14 bits per heavy atom. The van der Waals surface area contributed by atoms with Crippen molar-refractivity contribution in [1.82, 2.24) is 10.1 Å². The van der Waals surface area contributed by atoms with E-state index in [1.54, 1.807) is 19.9 Å². The Morgan fingerprint density at radius 3 is 2.83 bits per heavy atom. The molecule has 29 heavy (non-hydrogen) atoms. The number of hydrogen-bond donors (Lipinski definition) is 1. The summed E-state index contributed by atoms with van der Waals surface area (Å²) in [5, 5.41) is 6.12. The summed E-state index contributed by atoms with van der Waals surface area (Å²) < 4.78 is 4.95. The number of nitrogens with zero attached hydrogens (tertiary/aromatic N) is 3. The van der Waals surface area contributed by atoms with Gasteiger partial charge in [-0.3, -0.25) is 9.59 Å². The number of likely N-dealkylation sites (N-methyl/N-ethyl adjacent to an activating group) is 1. The SMILES string of the molecule is Cc1cc(NC(=O)[C@@H](C)SCC(=O)N2CCC[C@@H]2CN(C)c2ccccc2)no1. The van der Waals surface area contributed by atoms with Crippen LogP contribution in [0.4, 0.5) is 11.5 Å². The number of nitrogens with one attached hydrogen (secondary N) is 1. The van der Waals surface area contributed by atoms with Gasteiger partial charge in [-0.2, -0.15) is 0 Å². The largest absolute Gasteiger partial charge is 0.373 e. The molecule has 0 saturated carbocycles. The van der Waals surface area contributed by atoms with Crippen molar-refractivity contribution in [1.29, 1.82) is 0 Å². The maximum atomic E-state index is 12.8. The summed E-state index contributed by atoms with van der Waals surface area (Å²) in [6.45, 7) is 5.15. The van der Waals surface area contributed by atoms with Crippen LogP contribution in [0.2, 0.25) is 0 Å². The van der Waals surface area contributed by atoms with E-state index in [-0.39, 0.29) is 28.9 Å². The molecule has 7 nitrogen and oxygen atoms in total. The second-order valence-electron chi connectivity index (χ2n) is 7.36. The topological polar surface area (TPSA) is 78.7 Å². The number of thioether (sulfide) groups is 1. The number of likely N-dealkylation sites (tertiary alicyclic amines) is 1. The van der Waals surface area contributed by atoms with E-state index in [1.807, 2.05) is 23.1 Å². The van der Waals surface area contributed by atoms with Crippen molar-refractivity contribution in [2.24, 2.45) is 0 Å². The van der Waals surface area contributed by atoms with Gasteiger partial charge in [0.05, 0.1) is 11.0 Å². The van der Waals surface area contributed by atoms with Crippen LogP contribution >= 0.6 is 11.8 Å². The molecule has 1 fully saturated rings. The first kappa shape index (κ1) is 21.2. The highest BCUT2D eigenvalue weighted by Gasteiger charge is 2.30. The molecule has 0 radical (unpaired) electrons. The zero-order valence-corrected chi connectivity index (χ0v) is 17.9. The molecule has 1 aromatic heterocycles. The number of hydrogen-bond acceptors (Lipinski definition) is 6. The molecule has 1 aliphatic rings. The molecule has 2 aromatic rings. The monoisotopic (exact) mass is 416 g/mol. The van der Waals surface area contributed by atoms with Crippen LogP contribution in [0.1, 0.15) is 25.5 Å². The Labute approximate surface area is 175 Å². The first-order chi connectivity index (χ1) is 13.9. The molecular weight excluding hydrogens is 388 g/mol. The molecule has 1 saturated heterocycles. The number of carbonyl (C=O) groups excluding carboxylic acids is 2. The third kappa shape index (κ3) is 5.76. The molecule has 156 valence electrons. The minimum Gasteiger partial charge on any atom is -0.373 e. The van der Waals surface area contributed by atoms with Gasteiger partial charge in [-0.05, 0) is 38.8 Å². The van der Waals surface area contributed by atoms with Crippen molar-refractivity contribution in [3.8, 4) is 0 Å². The molecule has 0 unspecified atom stereocenters. The minimum atomic E-state index is -0.357. The lowest BCUT2D eigenvalue weighted by molar-refractivity contribution is -0.128. The molecule has 2 atom stereocenters. The van der Waals surface area contributed by atoms with Crippen LogP contribution in [0.25, 0.3) is 0 Å². The summed E-state index contributed by atoms with van der Waals surface area (Å²) in [5.74, 6) is 1.23. The van der Waals surface area contributed by atoms with E-state index < -0.39 is 0 Å². The molecular formula is C21H28N4O3S. The summed E-state index contributed by atoms with van der Waals surface area (Å²) in [5.41, 5.74) is 1.15. The van der Waals surface area contributed by atoms with Crippen molar-refractivity contribution in [3.63, 3.8) is 0 Å². The quantitative estimate of drug-likeness (QED) is 0.712. The first-order valence-corrected chi connectivity index (χ1v) is 10.9. The standard InChI is InChI=1S/C21H28N4O3S/c1-15-12-19(23-28-15)22-21(27)16(2)29-14-20(26)25-11-7-10-18(25)13-24(3)17-8-5-4-6-9-17/h4-6,8-9,12,16,18H,7,10-11,13-14H2,1-3H3,(H,22,23,27)/t16-,18-/m1/s1. The molecule has 2 heterocycles. The highest BCUT2D eigenvalue weighted by molar-refractivity contribution is 8.01. The summed E-state index contributed by atoms with van der Waals surface area (Å²) in [6.07, 6.45) is 2.03. The molecule has 1 aromatic carbocycles. The lowest BCUT2D eigenvalue weighted by Gasteiger charge is -2.30. The normalized spacial score (nSPS) is 17.2. The molecule has 0 spiro atoms. The van der Waals surface area contributed by atoms with E-state index in [0.717, 1.165) is 31.6 Å². The zero-order valence-electron chi connectivity index (χ0n) is 17.1. The second kappa shape index (κ2) is 9.82. The van der Waals surface area contributed by atoms with Crippen molar-refractivity contribution < 1.29 is 14.1 Å². The third-order valence-corrected chi connectivity index (χ3v) is 6.21. The van der Waals surface area contributed by atoms with Gasteiger partial charge in [0.25, 0.3) is 0 Å². The fourth-order valence-corrected chi connectivity index (χ4v) is 4.23. The van der Waals surface area contributed by atoms with E-state index in [0.29, 0.717) is 11.6 Å². The maximum Gasteiger partial charge on any atom is 0.238 e. The van der Waals surface area contributed by atoms with Crippen molar-refractivity contribution in [3.05, 3.63) is 42.2 Å². The molecule has 1 N–H and O–H groups in total. The summed E-state index contributed by atoms with van der Waals surface area (Å²) in [6, 6.07) is 12.1. The fraction of sp³-hybridized carbons (Fsp3) is 0.476. The lowest BCUT2D eigenvalue weighted by atomic mass is 10.2. The van der Waals surface area contributed by atoms with E-state index in [4.69, 9.17) is 4.52 Å². The van der Waals surface area contributed by atoms with Gasteiger partial charge >= 0.3 is 0 Å². The van der Waals surface area contributed by atoms with Crippen LogP contribution in [0.5, 0.6) is 0 Å². The third-order valence-electron chi connectivity index (χ3n) is 5.08. The van der Waals surface area contributed by atoms with Gasteiger partial charge in [-0.15, -0.1) is 11.8 Å². The summed E-state index contributed by atoms with van der Waals surface area (Å²) >= 11 is 1.35. The fourth-order valence-electron chi connectivity index (χ4n) is 3.47.